The number of carbonyl (C=O) groups excluding carboxylic acids is 2. The summed E-state index contributed by atoms with van der Waals surface area (Å²) in [6.07, 6.45) is 0. The quantitative estimate of drug-likeness (QED) is 0.497. The maximum atomic E-state index is 12.1. The highest BCUT2D eigenvalue weighted by atomic mass is 35.5. The number of hydrogen-bond acceptors (Lipinski definition) is 4. The van der Waals surface area contributed by atoms with Crippen LogP contribution in [0.15, 0.2) is 42.5 Å². The van der Waals surface area contributed by atoms with Gasteiger partial charge >= 0.3 is 5.97 Å². The summed E-state index contributed by atoms with van der Waals surface area (Å²) < 4.78 is 6.84. The molecule has 0 aliphatic carbocycles. The van der Waals surface area contributed by atoms with Crippen molar-refractivity contribution in [2.24, 2.45) is 0 Å². The number of para-hydroxylation sites is 2. The van der Waals surface area contributed by atoms with Crippen LogP contribution in [0, 0.1) is 6.92 Å². The Balaban J connectivity index is 1.66. The molecular weight excluding hydrogens is 363 g/mol. The zero-order chi connectivity index (χ0) is 18.0. The molecule has 0 N–H and O–H groups in total. The molecule has 1 aromatic heterocycles. The predicted molar refractivity (Wildman–Crippen MR) is 96.2 cm³/mol. The van der Waals surface area contributed by atoms with Crippen molar-refractivity contribution in [2.75, 3.05) is 6.61 Å². The number of nitrogens with zero attached hydrogens (tertiary/aromatic N) is 2. The Hall–Kier alpha value is -2.37. The van der Waals surface area contributed by atoms with E-state index in [4.69, 9.17) is 27.9 Å². The molecule has 0 atom stereocenters. The number of aryl methyl sites for hydroxylation is 1. The Morgan fingerprint density at radius 1 is 1.16 bits per heavy atom. The zero-order valence-electron chi connectivity index (χ0n) is 13.3. The number of hydrogen-bond donors (Lipinski definition) is 0. The van der Waals surface area contributed by atoms with Gasteiger partial charge in [0.15, 0.2) is 6.61 Å². The molecule has 7 heteroatoms. The van der Waals surface area contributed by atoms with Crippen molar-refractivity contribution in [3.05, 3.63) is 63.9 Å². The number of carbonyl (C=O) groups is 2. The lowest BCUT2D eigenvalue weighted by atomic mass is 10.1. The molecule has 3 rings (SSSR count). The second kappa shape index (κ2) is 7.25. The van der Waals surface area contributed by atoms with Crippen LogP contribution in [-0.2, 0) is 16.1 Å². The van der Waals surface area contributed by atoms with Crippen LogP contribution in [-0.4, -0.2) is 27.9 Å². The summed E-state index contributed by atoms with van der Waals surface area (Å²) >= 11 is 11.8. The number of Topliss-reactive ketones (excluding diaryl/α,β-unsaturated/α-hetero) is 1. The maximum Gasteiger partial charge on any atom is 0.326 e. The molecule has 5 nitrogen and oxygen atoms in total. The molecule has 0 aliphatic heterocycles. The first-order valence-electron chi connectivity index (χ1n) is 7.51. The van der Waals surface area contributed by atoms with E-state index in [0.29, 0.717) is 10.8 Å². The first-order chi connectivity index (χ1) is 12.0. The third kappa shape index (κ3) is 3.83. The van der Waals surface area contributed by atoms with Gasteiger partial charge in [-0.05, 0) is 37.3 Å². The molecular formula is C18H14Cl2N2O3. The normalized spacial score (nSPS) is 10.8. The van der Waals surface area contributed by atoms with Crippen LogP contribution in [0.5, 0.6) is 0 Å². The van der Waals surface area contributed by atoms with Crippen molar-refractivity contribution >= 4 is 46.0 Å². The average molecular weight is 377 g/mol. The van der Waals surface area contributed by atoms with E-state index in [0.717, 1.165) is 11.0 Å². The van der Waals surface area contributed by atoms with Crippen LogP contribution in [0.1, 0.15) is 16.2 Å². The summed E-state index contributed by atoms with van der Waals surface area (Å²) in [4.78, 5) is 28.6. The summed E-state index contributed by atoms with van der Waals surface area (Å²) in [5.74, 6) is -0.211. The van der Waals surface area contributed by atoms with Crippen molar-refractivity contribution < 1.29 is 14.3 Å². The van der Waals surface area contributed by atoms with E-state index >= 15 is 0 Å². The van der Waals surface area contributed by atoms with Gasteiger partial charge in [-0.2, -0.15) is 0 Å². The van der Waals surface area contributed by atoms with Gasteiger partial charge in [0.05, 0.1) is 16.1 Å². The minimum atomic E-state index is -0.523. The highest BCUT2D eigenvalue weighted by molar-refractivity contribution is 6.36. The topological polar surface area (TPSA) is 61.2 Å². The minimum absolute atomic E-state index is 0.0199. The Kier molecular flexibility index (Phi) is 5.06. The molecule has 25 heavy (non-hydrogen) atoms. The van der Waals surface area contributed by atoms with E-state index in [1.807, 2.05) is 31.2 Å². The zero-order valence-corrected chi connectivity index (χ0v) is 14.8. The smallest absolute Gasteiger partial charge is 0.326 e. The molecule has 0 bridgehead atoms. The van der Waals surface area contributed by atoms with Crippen LogP contribution in [0.25, 0.3) is 11.0 Å². The third-order valence-electron chi connectivity index (χ3n) is 3.73. The molecule has 0 fully saturated rings. The molecule has 3 aromatic rings. The Labute approximate surface area is 154 Å². The van der Waals surface area contributed by atoms with Gasteiger partial charge in [-0.15, -0.1) is 0 Å². The number of benzene rings is 2. The molecule has 0 spiro atoms. The van der Waals surface area contributed by atoms with Crippen LogP contribution in [0.2, 0.25) is 10.0 Å². The highest BCUT2D eigenvalue weighted by Crippen LogP contribution is 2.21. The van der Waals surface area contributed by atoms with Gasteiger partial charge in [0.2, 0.25) is 5.78 Å². The molecule has 0 amide bonds. The van der Waals surface area contributed by atoms with E-state index in [1.165, 1.54) is 12.1 Å². The van der Waals surface area contributed by atoms with Crippen molar-refractivity contribution in [3.8, 4) is 0 Å². The number of fused-ring (bicyclic) bond motifs is 1. The SMILES string of the molecule is Cc1nc2ccccc2n1CC(=O)OCC(=O)c1ccc(Cl)cc1Cl. The average Bonchev–Trinajstić information content (AvgIpc) is 2.88. The molecule has 0 saturated carbocycles. The van der Waals surface area contributed by atoms with Gasteiger partial charge in [-0.3, -0.25) is 9.59 Å². The number of ether oxygens (including phenoxy) is 1. The number of imidazole rings is 1. The van der Waals surface area contributed by atoms with E-state index < -0.39 is 5.97 Å². The summed E-state index contributed by atoms with van der Waals surface area (Å²) in [6, 6.07) is 12.0. The first-order valence-corrected chi connectivity index (χ1v) is 8.27. The van der Waals surface area contributed by atoms with E-state index in [1.54, 1.807) is 10.6 Å². The number of halogens is 2. The largest absolute Gasteiger partial charge is 0.456 e. The second-order valence-electron chi connectivity index (χ2n) is 5.44. The summed E-state index contributed by atoms with van der Waals surface area (Å²) in [6.45, 7) is 1.41. The Morgan fingerprint density at radius 2 is 1.92 bits per heavy atom. The fraction of sp³-hybridized carbons (Fsp3) is 0.167. The van der Waals surface area contributed by atoms with Crippen LogP contribution >= 0.6 is 23.2 Å². The van der Waals surface area contributed by atoms with Gasteiger partial charge in [-0.1, -0.05) is 35.3 Å². The number of aromatic nitrogens is 2. The highest BCUT2D eigenvalue weighted by Gasteiger charge is 2.15. The fourth-order valence-electron chi connectivity index (χ4n) is 2.51. The first kappa shape index (κ1) is 17.5. The van der Waals surface area contributed by atoms with Crippen molar-refractivity contribution in [3.63, 3.8) is 0 Å². The lowest BCUT2D eigenvalue weighted by Gasteiger charge is -2.08. The van der Waals surface area contributed by atoms with Gasteiger partial charge in [-0.25, -0.2) is 4.98 Å². The molecule has 0 aliphatic rings. The predicted octanol–water partition coefficient (Wildman–Crippen LogP) is 4.08. The second-order valence-corrected chi connectivity index (χ2v) is 6.29. The van der Waals surface area contributed by atoms with Gasteiger partial charge in [0.1, 0.15) is 12.4 Å². The monoisotopic (exact) mass is 376 g/mol. The maximum absolute atomic E-state index is 12.1. The van der Waals surface area contributed by atoms with Gasteiger partial charge in [0, 0.05) is 10.6 Å². The molecule has 0 saturated heterocycles. The van der Waals surface area contributed by atoms with Gasteiger partial charge in [0.25, 0.3) is 0 Å². The number of esters is 1. The van der Waals surface area contributed by atoms with Crippen molar-refractivity contribution in [1.29, 1.82) is 0 Å². The Morgan fingerprint density at radius 3 is 2.68 bits per heavy atom. The molecule has 2 aromatic carbocycles. The van der Waals surface area contributed by atoms with Crippen LogP contribution in [0.3, 0.4) is 0 Å². The third-order valence-corrected chi connectivity index (χ3v) is 4.28. The van der Waals surface area contributed by atoms with Gasteiger partial charge < -0.3 is 9.30 Å². The van der Waals surface area contributed by atoms with Crippen molar-refractivity contribution in [1.82, 2.24) is 9.55 Å². The fourth-order valence-corrected chi connectivity index (χ4v) is 3.02. The number of rotatable bonds is 5. The molecule has 0 unspecified atom stereocenters. The summed E-state index contributed by atoms with van der Waals surface area (Å²) in [5.41, 5.74) is 1.91. The van der Waals surface area contributed by atoms with Crippen LogP contribution in [0.4, 0.5) is 0 Å². The van der Waals surface area contributed by atoms with E-state index in [9.17, 15) is 9.59 Å². The van der Waals surface area contributed by atoms with E-state index in [-0.39, 0.29) is 29.5 Å². The van der Waals surface area contributed by atoms with Crippen LogP contribution < -0.4 is 0 Å². The molecule has 1 heterocycles. The molecule has 0 radical (unpaired) electrons. The number of ketones is 1. The summed E-state index contributed by atoms with van der Waals surface area (Å²) in [7, 11) is 0. The van der Waals surface area contributed by atoms with Crippen molar-refractivity contribution in [2.45, 2.75) is 13.5 Å². The molecule has 128 valence electrons. The minimum Gasteiger partial charge on any atom is -0.456 e. The standard InChI is InChI=1S/C18H14Cl2N2O3/c1-11-21-15-4-2-3-5-16(15)22(11)9-18(24)25-10-17(23)13-7-6-12(19)8-14(13)20/h2-8H,9-10H2,1H3. The lowest BCUT2D eigenvalue weighted by molar-refractivity contribution is -0.143. The Bertz CT molecular complexity index is 966. The lowest BCUT2D eigenvalue weighted by Crippen LogP contribution is -2.19. The summed E-state index contributed by atoms with van der Waals surface area (Å²) in [5, 5.41) is 0.658. The van der Waals surface area contributed by atoms with E-state index in [2.05, 4.69) is 4.98 Å².